The van der Waals surface area contributed by atoms with Gasteiger partial charge in [0.15, 0.2) is 6.10 Å². The number of hydrogen-bond donors (Lipinski definition) is 0. The van der Waals surface area contributed by atoms with Crippen molar-refractivity contribution in [3.63, 3.8) is 0 Å². The molecule has 0 aliphatic heterocycles. The van der Waals surface area contributed by atoms with Crippen LogP contribution in [0.15, 0.2) is 84.9 Å². The summed E-state index contributed by atoms with van der Waals surface area (Å²) in [7, 11) is 0. The van der Waals surface area contributed by atoms with Crippen molar-refractivity contribution in [2.24, 2.45) is 11.8 Å². The Balaban J connectivity index is 1.66. The van der Waals surface area contributed by atoms with Crippen LogP contribution in [0.5, 0.6) is 5.75 Å². The zero-order chi connectivity index (χ0) is 24.8. The maximum Gasteiger partial charge on any atom is 0.289 e. The van der Waals surface area contributed by atoms with Crippen LogP contribution in [0.3, 0.4) is 0 Å². The van der Waals surface area contributed by atoms with Gasteiger partial charge in [-0.1, -0.05) is 92.2 Å². The molecular formula is C30H34F2O3. The summed E-state index contributed by atoms with van der Waals surface area (Å²) in [6, 6.07) is 26.6. The normalized spacial score (nSPS) is 25.8. The quantitative estimate of drug-likeness (QED) is 0.323. The molecule has 0 amide bonds. The summed E-state index contributed by atoms with van der Waals surface area (Å²) in [4.78, 5) is 0. The van der Waals surface area contributed by atoms with Crippen molar-refractivity contribution in [3.8, 4) is 5.75 Å². The fourth-order valence-electron chi connectivity index (χ4n) is 5.00. The molecule has 0 bridgehead atoms. The van der Waals surface area contributed by atoms with Crippen molar-refractivity contribution in [1.29, 1.82) is 0 Å². The fraction of sp³-hybridized carbons (Fsp3) is 0.400. The van der Waals surface area contributed by atoms with Crippen molar-refractivity contribution in [1.82, 2.24) is 0 Å². The molecule has 35 heavy (non-hydrogen) atoms. The van der Waals surface area contributed by atoms with E-state index in [9.17, 15) is 0 Å². The summed E-state index contributed by atoms with van der Waals surface area (Å²) in [5.74, 6) is -4.00. The molecule has 186 valence electrons. The first-order valence-electron chi connectivity index (χ1n) is 12.3. The summed E-state index contributed by atoms with van der Waals surface area (Å²) >= 11 is 0. The van der Waals surface area contributed by atoms with Gasteiger partial charge in [-0.25, -0.2) is 8.78 Å². The van der Waals surface area contributed by atoms with E-state index < -0.39 is 36.1 Å². The highest BCUT2D eigenvalue weighted by Crippen LogP contribution is 2.47. The van der Waals surface area contributed by atoms with E-state index in [1.165, 1.54) is 0 Å². The summed E-state index contributed by atoms with van der Waals surface area (Å²) < 4.78 is 50.6. The van der Waals surface area contributed by atoms with Gasteiger partial charge < -0.3 is 14.2 Å². The lowest BCUT2D eigenvalue weighted by atomic mass is 9.71. The molecule has 0 unspecified atom stereocenters. The van der Waals surface area contributed by atoms with Crippen molar-refractivity contribution in [2.45, 2.75) is 64.6 Å². The Bertz CT molecular complexity index is 1040. The lowest BCUT2D eigenvalue weighted by Crippen LogP contribution is -2.64. The summed E-state index contributed by atoms with van der Waals surface area (Å²) in [5, 5.41) is 0. The monoisotopic (exact) mass is 480 g/mol. The molecule has 5 heteroatoms. The zero-order valence-electron chi connectivity index (χ0n) is 20.6. The fourth-order valence-corrected chi connectivity index (χ4v) is 5.00. The Morgan fingerprint density at radius 3 is 1.77 bits per heavy atom. The molecule has 1 aliphatic carbocycles. The van der Waals surface area contributed by atoms with Gasteiger partial charge in [0, 0.05) is 5.92 Å². The minimum absolute atomic E-state index is 0.198. The van der Waals surface area contributed by atoms with Gasteiger partial charge in [0.25, 0.3) is 5.92 Å². The molecule has 0 saturated heterocycles. The van der Waals surface area contributed by atoms with Crippen molar-refractivity contribution in [2.75, 3.05) is 0 Å². The molecule has 0 N–H and O–H groups in total. The third-order valence-electron chi connectivity index (χ3n) is 6.94. The molecule has 0 heterocycles. The topological polar surface area (TPSA) is 27.7 Å². The second-order valence-electron chi connectivity index (χ2n) is 9.42. The van der Waals surface area contributed by atoms with E-state index in [0.717, 1.165) is 16.7 Å². The average molecular weight is 481 g/mol. The smallest absolute Gasteiger partial charge is 0.289 e. The van der Waals surface area contributed by atoms with Gasteiger partial charge in [0.1, 0.15) is 11.9 Å². The van der Waals surface area contributed by atoms with E-state index in [1.54, 1.807) is 19.1 Å². The van der Waals surface area contributed by atoms with Crippen molar-refractivity contribution >= 4 is 0 Å². The third-order valence-corrected chi connectivity index (χ3v) is 6.94. The molecule has 1 fully saturated rings. The van der Waals surface area contributed by atoms with Crippen LogP contribution in [-0.4, -0.2) is 24.2 Å². The van der Waals surface area contributed by atoms with Gasteiger partial charge in [-0.3, -0.25) is 0 Å². The first kappa shape index (κ1) is 25.3. The lowest BCUT2D eigenvalue weighted by Gasteiger charge is -2.49. The Hall–Kier alpha value is -2.76. The first-order valence-corrected chi connectivity index (χ1v) is 12.3. The summed E-state index contributed by atoms with van der Waals surface area (Å²) in [6.45, 7) is 6.12. The first-order chi connectivity index (χ1) is 16.9. The van der Waals surface area contributed by atoms with E-state index in [4.69, 9.17) is 14.2 Å². The number of alkyl halides is 2. The summed E-state index contributed by atoms with van der Waals surface area (Å²) in [5.41, 5.74) is 2.94. The molecule has 3 aromatic rings. The number of halogens is 2. The SMILES string of the molecule is CC[C@@H]1[C@@H](C)[C@H](OCc2ccccc2)[C@@H](OCc2ccccc2)[C@@H](Oc2ccc(C)cc2)C1(F)F. The molecule has 0 aromatic heterocycles. The second kappa shape index (κ2) is 11.3. The van der Waals surface area contributed by atoms with Crippen LogP contribution in [0.4, 0.5) is 8.78 Å². The lowest BCUT2D eigenvalue weighted by molar-refractivity contribution is -0.267. The van der Waals surface area contributed by atoms with Gasteiger partial charge >= 0.3 is 0 Å². The molecule has 0 spiro atoms. The maximum atomic E-state index is 16.0. The van der Waals surface area contributed by atoms with Crippen LogP contribution in [0.1, 0.15) is 37.0 Å². The van der Waals surface area contributed by atoms with Crippen LogP contribution in [0, 0.1) is 18.8 Å². The minimum atomic E-state index is -3.09. The molecule has 1 aliphatic rings. The Morgan fingerprint density at radius 1 is 0.743 bits per heavy atom. The van der Waals surface area contributed by atoms with E-state index in [2.05, 4.69) is 0 Å². The third kappa shape index (κ3) is 5.91. The van der Waals surface area contributed by atoms with Crippen LogP contribution in [0.25, 0.3) is 0 Å². The summed E-state index contributed by atoms with van der Waals surface area (Å²) in [6.07, 6.45) is -2.67. The number of aryl methyl sites for hydroxylation is 1. The van der Waals surface area contributed by atoms with Crippen molar-refractivity contribution < 1.29 is 23.0 Å². The number of benzene rings is 3. The number of ether oxygens (including phenoxy) is 3. The zero-order valence-corrected chi connectivity index (χ0v) is 20.6. The van der Waals surface area contributed by atoms with Crippen LogP contribution < -0.4 is 4.74 Å². The highest BCUT2D eigenvalue weighted by atomic mass is 19.3. The van der Waals surface area contributed by atoms with Crippen LogP contribution in [0.2, 0.25) is 0 Å². The Labute approximate surface area is 207 Å². The van der Waals surface area contributed by atoms with Crippen LogP contribution in [-0.2, 0) is 22.7 Å². The molecule has 3 nitrogen and oxygen atoms in total. The average Bonchev–Trinajstić information content (AvgIpc) is 2.86. The van der Waals surface area contributed by atoms with E-state index in [1.807, 2.05) is 86.6 Å². The Kier molecular flexibility index (Phi) is 8.19. The van der Waals surface area contributed by atoms with Crippen LogP contribution >= 0.6 is 0 Å². The second-order valence-corrected chi connectivity index (χ2v) is 9.42. The minimum Gasteiger partial charge on any atom is -0.481 e. The molecule has 0 radical (unpaired) electrons. The van der Waals surface area contributed by atoms with Gasteiger partial charge in [0.05, 0.1) is 19.3 Å². The van der Waals surface area contributed by atoms with E-state index in [0.29, 0.717) is 18.8 Å². The van der Waals surface area contributed by atoms with Gasteiger partial charge in [-0.15, -0.1) is 0 Å². The highest BCUT2D eigenvalue weighted by Gasteiger charge is 2.62. The highest BCUT2D eigenvalue weighted by molar-refractivity contribution is 5.27. The maximum absolute atomic E-state index is 16.0. The van der Waals surface area contributed by atoms with Gasteiger partial charge in [-0.2, -0.15) is 0 Å². The van der Waals surface area contributed by atoms with E-state index >= 15 is 8.78 Å². The number of hydrogen-bond acceptors (Lipinski definition) is 3. The van der Waals surface area contributed by atoms with E-state index in [-0.39, 0.29) is 6.61 Å². The largest absolute Gasteiger partial charge is 0.481 e. The molecule has 5 atom stereocenters. The molecule has 4 rings (SSSR count). The van der Waals surface area contributed by atoms with Gasteiger partial charge in [-0.05, 0) is 42.5 Å². The van der Waals surface area contributed by atoms with Gasteiger partial charge in [0.2, 0.25) is 0 Å². The molecule has 1 saturated carbocycles. The molecular weight excluding hydrogens is 446 g/mol. The van der Waals surface area contributed by atoms with Crippen molar-refractivity contribution in [3.05, 3.63) is 102 Å². The Morgan fingerprint density at radius 2 is 1.26 bits per heavy atom. The predicted octanol–water partition coefficient (Wildman–Crippen LogP) is 7.22. The predicted molar refractivity (Wildman–Crippen MR) is 134 cm³/mol. The standard InChI is InChI=1S/C30H34F2O3/c1-4-26-22(3)27(33-19-23-11-7-5-8-12-23)28(34-20-24-13-9-6-10-14-24)29(30(26,31)32)35-25-17-15-21(2)16-18-25/h5-18,22,26-29H,4,19-20H2,1-3H3/t22-,26-,27+,28-,29-/m1/s1. The molecule has 3 aromatic carbocycles. The number of rotatable bonds is 9.